The third-order valence-electron chi connectivity index (χ3n) is 3.11. The minimum absolute atomic E-state index is 0.262. The molecule has 0 radical (unpaired) electrons. The minimum atomic E-state index is 0.262. The van der Waals surface area contributed by atoms with E-state index in [-0.39, 0.29) is 11.2 Å². The van der Waals surface area contributed by atoms with Crippen LogP contribution in [0.2, 0.25) is 0 Å². The summed E-state index contributed by atoms with van der Waals surface area (Å²) < 4.78 is 0. The highest BCUT2D eigenvalue weighted by Gasteiger charge is 2.25. The van der Waals surface area contributed by atoms with Gasteiger partial charge in [-0.25, -0.2) is 5.84 Å². The Balaban J connectivity index is 2.93. The number of hydrogen-bond donors (Lipinski definition) is 3. The van der Waals surface area contributed by atoms with Gasteiger partial charge < -0.3 is 11.1 Å². The van der Waals surface area contributed by atoms with Crippen LogP contribution in [0.1, 0.15) is 39.0 Å². The molecule has 1 rings (SSSR count). The number of aliphatic imine (C=N–C) groups is 1. The zero-order valence-electron chi connectivity index (χ0n) is 11.2. The van der Waals surface area contributed by atoms with Gasteiger partial charge in [0.1, 0.15) is 10.9 Å². The van der Waals surface area contributed by atoms with Crippen LogP contribution < -0.4 is 16.9 Å². The van der Waals surface area contributed by atoms with Crippen LogP contribution in [0.4, 0.5) is 0 Å². The summed E-state index contributed by atoms with van der Waals surface area (Å²) in [6, 6.07) is 0.283. The molecule has 0 unspecified atom stereocenters. The minimum Gasteiger partial charge on any atom is -0.393 e. The van der Waals surface area contributed by atoms with Crippen LogP contribution in [0.15, 0.2) is 15.8 Å². The van der Waals surface area contributed by atoms with E-state index in [4.69, 9.17) is 35.4 Å². The van der Waals surface area contributed by atoms with E-state index in [1.807, 2.05) is 6.92 Å². The number of thiocarbonyl (C=S) groups is 1. The molecule has 0 amide bonds. The van der Waals surface area contributed by atoms with Crippen LogP contribution in [-0.4, -0.2) is 28.9 Å². The van der Waals surface area contributed by atoms with Crippen LogP contribution in [-0.2, 0) is 0 Å². The molecule has 1 aliphatic rings. The maximum atomic E-state index is 6.16. The standard InChI is InChI=1S/C12H22ClN5S/c1-2-7-16-12(10(14)11(13)17-8-19)18(15)9-5-3-4-6-9/h8-9H,2-7,14-15H2,1H3,(H,17,19)/b11-10+,16-12?. The Morgan fingerprint density at radius 3 is 2.68 bits per heavy atom. The predicted molar refractivity (Wildman–Crippen MR) is 84.7 cm³/mol. The summed E-state index contributed by atoms with van der Waals surface area (Å²) in [7, 11) is 0. The van der Waals surface area contributed by atoms with Gasteiger partial charge in [-0.15, -0.1) is 0 Å². The molecule has 0 aromatic rings. The molecule has 7 heteroatoms. The highest BCUT2D eigenvalue weighted by atomic mass is 35.5. The lowest BCUT2D eigenvalue weighted by molar-refractivity contribution is 0.324. The molecule has 1 aliphatic carbocycles. The van der Waals surface area contributed by atoms with Crippen molar-refractivity contribution in [1.82, 2.24) is 10.3 Å². The summed E-state index contributed by atoms with van der Waals surface area (Å²) in [6.07, 6.45) is 5.43. The Morgan fingerprint density at radius 2 is 2.16 bits per heavy atom. The fraction of sp³-hybridized carbons (Fsp3) is 0.667. The lowest BCUT2D eigenvalue weighted by atomic mass is 10.2. The van der Waals surface area contributed by atoms with Crippen molar-refractivity contribution in [2.24, 2.45) is 16.6 Å². The molecule has 5 nitrogen and oxygen atoms in total. The predicted octanol–water partition coefficient (Wildman–Crippen LogP) is 1.83. The molecule has 1 saturated carbocycles. The second-order valence-corrected chi connectivity index (χ2v) is 5.15. The van der Waals surface area contributed by atoms with Gasteiger partial charge in [-0.1, -0.05) is 43.6 Å². The Bertz CT molecular complexity index is 363. The Hall–Kier alpha value is -0.850. The van der Waals surface area contributed by atoms with Crippen LogP contribution in [0.25, 0.3) is 0 Å². The number of nitrogens with zero attached hydrogens (tertiary/aromatic N) is 2. The van der Waals surface area contributed by atoms with Crippen molar-refractivity contribution in [3.63, 3.8) is 0 Å². The Labute approximate surface area is 125 Å². The van der Waals surface area contributed by atoms with Gasteiger partial charge in [0, 0.05) is 12.6 Å². The number of hydrazine groups is 1. The zero-order valence-corrected chi connectivity index (χ0v) is 12.8. The first-order chi connectivity index (χ1) is 9.11. The van der Waals surface area contributed by atoms with Crippen LogP contribution >= 0.6 is 23.8 Å². The molecule has 0 bridgehead atoms. The Morgan fingerprint density at radius 1 is 1.53 bits per heavy atom. The van der Waals surface area contributed by atoms with Gasteiger partial charge in [-0.3, -0.25) is 10.0 Å². The number of rotatable bonds is 6. The first-order valence-electron chi connectivity index (χ1n) is 6.56. The molecule has 5 N–H and O–H groups in total. The third kappa shape index (κ3) is 4.63. The average molecular weight is 304 g/mol. The van der Waals surface area contributed by atoms with Gasteiger partial charge in [0.2, 0.25) is 0 Å². The topological polar surface area (TPSA) is 79.7 Å². The average Bonchev–Trinajstić information content (AvgIpc) is 2.92. The van der Waals surface area contributed by atoms with Gasteiger partial charge in [-0.05, 0) is 19.3 Å². The molecular formula is C12H22ClN5S. The van der Waals surface area contributed by atoms with E-state index in [9.17, 15) is 0 Å². The largest absolute Gasteiger partial charge is 0.393 e. The van der Waals surface area contributed by atoms with E-state index >= 15 is 0 Å². The van der Waals surface area contributed by atoms with Gasteiger partial charge in [0.15, 0.2) is 5.84 Å². The van der Waals surface area contributed by atoms with E-state index in [1.54, 1.807) is 5.01 Å². The molecule has 0 aromatic carbocycles. The van der Waals surface area contributed by atoms with Crippen molar-refractivity contribution in [2.75, 3.05) is 6.54 Å². The van der Waals surface area contributed by atoms with Crippen molar-refractivity contribution >= 4 is 35.1 Å². The molecular weight excluding hydrogens is 282 g/mol. The number of nitrogens with one attached hydrogen (secondary N) is 1. The molecule has 19 heavy (non-hydrogen) atoms. The monoisotopic (exact) mass is 303 g/mol. The lowest BCUT2D eigenvalue weighted by Crippen LogP contribution is -2.47. The molecule has 0 atom stereocenters. The van der Waals surface area contributed by atoms with Gasteiger partial charge in [0.05, 0.1) is 5.49 Å². The molecule has 0 aromatic heterocycles. The maximum absolute atomic E-state index is 6.16. The number of amidine groups is 1. The normalized spacial score (nSPS) is 18.2. The molecule has 0 aliphatic heterocycles. The summed E-state index contributed by atoms with van der Waals surface area (Å²) in [5.41, 5.74) is 7.67. The smallest absolute Gasteiger partial charge is 0.164 e. The molecule has 0 heterocycles. The lowest BCUT2D eigenvalue weighted by Gasteiger charge is -2.27. The van der Waals surface area contributed by atoms with E-state index in [1.165, 1.54) is 18.3 Å². The summed E-state index contributed by atoms with van der Waals surface area (Å²) in [6.45, 7) is 2.71. The quantitative estimate of drug-likeness (QED) is 0.174. The SMILES string of the molecule is CCCN=C(/C(N)=C(/Cl)NC=S)N(N)C1CCCC1. The first-order valence-corrected chi connectivity index (χ1v) is 7.40. The van der Waals surface area contributed by atoms with Crippen LogP contribution in [0.5, 0.6) is 0 Å². The van der Waals surface area contributed by atoms with Crippen molar-refractivity contribution in [3.8, 4) is 0 Å². The van der Waals surface area contributed by atoms with Crippen molar-refractivity contribution in [1.29, 1.82) is 0 Å². The van der Waals surface area contributed by atoms with Crippen LogP contribution in [0.3, 0.4) is 0 Å². The van der Waals surface area contributed by atoms with Gasteiger partial charge >= 0.3 is 0 Å². The summed E-state index contributed by atoms with van der Waals surface area (Å²) in [4.78, 5) is 4.45. The van der Waals surface area contributed by atoms with Gasteiger partial charge in [0.25, 0.3) is 0 Å². The second-order valence-electron chi connectivity index (χ2n) is 4.54. The Kier molecular flexibility index (Phi) is 7.12. The van der Waals surface area contributed by atoms with Crippen molar-refractivity contribution in [3.05, 3.63) is 10.9 Å². The van der Waals surface area contributed by atoms with E-state index in [0.717, 1.165) is 19.3 Å². The van der Waals surface area contributed by atoms with E-state index in [2.05, 4.69) is 10.3 Å². The first kappa shape index (κ1) is 16.2. The fourth-order valence-electron chi connectivity index (χ4n) is 2.11. The highest BCUT2D eigenvalue weighted by molar-refractivity contribution is 7.78. The third-order valence-corrected chi connectivity index (χ3v) is 3.54. The fourth-order valence-corrected chi connectivity index (χ4v) is 2.43. The van der Waals surface area contributed by atoms with E-state index in [0.29, 0.717) is 18.1 Å². The highest BCUT2D eigenvalue weighted by Crippen LogP contribution is 2.23. The second kappa shape index (κ2) is 8.35. The molecule has 108 valence electrons. The molecule has 0 saturated heterocycles. The number of hydrogen-bond acceptors (Lipinski definition) is 4. The van der Waals surface area contributed by atoms with Crippen molar-refractivity contribution in [2.45, 2.75) is 45.1 Å². The summed E-state index contributed by atoms with van der Waals surface area (Å²) >= 11 is 10.7. The maximum Gasteiger partial charge on any atom is 0.164 e. The van der Waals surface area contributed by atoms with Gasteiger partial charge in [-0.2, -0.15) is 0 Å². The number of nitrogens with two attached hydrogens (primary N) is 2. The van der Waals surface area contributed by atoms with Crippen molar-refractivity contribution < 1.29 is 0 Å². The summed E-state index contributed by atoms with van der Waals surface area (Å²) in [5.74, 6) is 6.71. The summed E-state index contributed by atoms with van der Waals surface area (Å²) in [5, 5.41) is 4.61. The zero-order chi connectivity index (χ0) is 14.3. The molecule has 0 spiro atoms. The van der Waals surface area contributed by atoms with Crippen LogP contribution in [0, 0.1) is 0 Å². The number of halogens is 1. The molecule has 1 fully saturated rings. The van der Waals surface area contributed by atoms with E-state index < -0.39 is 0 Å².